The minimum Gasteiger partial charge on any atom is -0.481 e. The molecule has 0 saturated heterocycles. The molecule has 1 heterocycles. The van der Waals surface area contributed by atoms with Crippen LogP contribution in [0.4, 0.5) is 0 Å². The first kappa shape index (κ1) is 15.3. The molecule has 0 aliphatic heterocycles. The molecule has 0 amide bonds. The molecule has 0 radical (unpaired) electrons. The first-order chi connectivity index (χ1) is 9.15. The van der Waals surface area contributed by atoms with Crippen molar-refractivity contribution in [2.45, 2.75) is 26.8 Å². The lowest BCUT2D eigenvalue weighted by Crippen LogP contribution is -2.37. The van der Waals surface area contributed by atoms with Gasteiger partial charge in [0.15, 0.2) is 5.96 Å². The first-order valence-electron chi connectivity index (χ1n) is 6.60. The van der Waals surface area contributed by atoms with Gasteiger partial charge in [-0.2, -0.15) is 0 Å². The fraction of sp³-hybridized carbons (Fsp3) is 0.571. The van der Waals surface area contributed by atoms with Gasteiger partial charge in [0.05, 0.1) is 19.3 Å². The molecular weight excluding hydrogens is 240 g/mol. The van der Waals surface area contributed by atoms with Crippen LogP contribution < -0.4 is 15.4 Å². The second-order valence-corrected chi connectivity index (χ2v) is 4.71. The van der Waals surface area contributed by atoms with Crippen LogP contribution in [0.25, 0.3) is 0 Å². The van der Waals surface area contributed by atoms with Crippen LogP contribution in [-0.4, -0.2) is 31.6 Å². The normalized spacial score (nSPS) is 11.5. The van der Waals surface area contributed by atoms with Gasteiger partial charge in [-0.1, -0.05) is 19.9 Å². The number of methoxy groups -OCH3 is 1. The third-order valence-corrected chi connectivity index (χ3v) is 2.67. The second-order valence-electron chi connectivity index (χ2n) is 4.71. The highest BCUT2D eigenvalue weighted by molar-refractivity contribution is 5.79. The summed E-state index contributed by atoms with van der Waals surface area (Å²) in [5, 5.41) is 6.51. The molecule has 106 valence electrons. The standard InChI is InChI=1S/C14H24N4O/c1-11(2)8-9-16-14(15-3)17-10-12-6-5-7-13(18-12)19-4/h5-7,11H,8-10H2,1-4H3,(H2,15,16,17). The predicted octanol–water partition coefficient (Wildman–Crippen LogP) is 1.80. The van der Waals surface area contributed by atoms with Crippen LogP contribution in [0.1, 0.15) is 26.0 Å². The molecule has 1 rings (SSSR count). The third kappa shape index (κ3) is 6.08. The minimum absolute atomic E-state index is 0.624. The molecule has 0 fully saturated rings. The molecule has 5 nitrogen and oxygen atoms in total. The van der Waals surface area contributed by atoms with Crippen molar-refractivity contribution < 1.29 is 4.74 Å². The predicted molar refractivity (Wildman–Crippen MR) is 78.4 cm³/mol. The highest BCUT2D eigenvalue weighted by atomic mass is 16.5. The van der Waals surface area contributed by atoms with Gasteiger partial charge in [0, 0.05) is 19.7 Å². The van der Waals surface area contributed by atoms with Gasteiger partial charge in [0.25, 0.3) is 0 Å². The SMILES string of the molecule is CN=C(NCCC(C)C)NCc1cccc(OC)n1. The zero-order valence-electron chi connectivity index (χ0n) is 12.2. The van der Waals surface area contributed by atoms with Crippen LogP contribution in [-0.2, 0) is 6.54 Å². The number of aliphatic imine (C=N–C) groups is 1. The van der Waals surface area contributed by atoms with Gasteiger partial charge in [0.1, 0.15) is 0 Å². The number of hydrogen-bond donors (Lipinski definition) is 2. The number of nitrogens with zero attached hydrogens (tertiary/aromatic N) is 2. The molecule has 1 aromatic rings. The van der Waals surface area contributed by atoms with Crippen LogP contribution in [0.2, 0.25) is 0 Å². The summed E-state index contributed by atoms with van der Waals surface area (Å²) in [6, 6.07) is 5.72. The van der Waals surface area contributed by atoms with Crippen molar-refractivity contribution in [1.29, 1.82) is 0 Å². The summed E-state index contributed by atoms with van der Waals surface area (Å²) in [4.78, 5) is 8.52. The summed E-state index contributed by atoms with van der Waals surface area (Å²) in [5.74, 6) is 2.11. The Kier molecular flexibility index (Phi) is 6.71. The molecule has 5 heteroatoms. The van der Waals surface area contributed by atoms with Gasteiger partial charge in [-0.25, -0.2) is 4.98 Å². The molecule has 0 atom stereocenters. The number of nitrogens with one attached hydrogen (secondary N) is 2. The Labute approximate surface area is 115 Å². The van der Waals surface area contributed by atoms with E-state index in [9.17, 15) is 0 Å². The Hall–Kier alpha value is -1.78. The van der Waals surface area contributed by atoms with E-state index in [-0.39, 0.29) is 0 Å². The van der Waals surface area contributed by atoms with Crippen molar-refractivity contribution in [2.75, 3.05) is 20.7 Å². The van der Waals surface area contributed by atoms with Crippen LogP contribution in [0.5, 0.6) is 5.88 Å². The molecule has 0 aliphatic carbocycles. The van der Waals surface area contributed by atoms with Crippen molar-refractivity contribution in [2.24, 2.45) is 10.9 Å². The Morgan fingerprint density at radius 3 is 2.79 bits per heavy atom. The molecular formula is C14H24N4O. The summed E-state index contributed by atoms with van der Waals surface area (Å²) >= 11 is 0. The average Bonchev–Trinajstić information content (AvgIpc) is 2.42. The smallest absolute Gasteiger partial charge is 0.213 e. The van der Waals surface area contributed by atoms with E-state index >= 15 is 0 Å². The molecule has 1 aromatic heterocycles. The van der Waals surface area contributed by atoms with Crippen molar-refractivity contribution in [3.8, 4) is 5.88 Å². The molecule has 0 aliphatic rings. The van der Waals surface area contributed by atoms with E-state index in [4.69, 9.17) is 4.74 Å². The maximum Gasteiger partial charge on any atom is 0.213 e. The van der Waals surface area contributed by atoms with Gasteiger partial charge in [-0.3, -0.25) is 4.99 Å². The summed E-state index contributed by atoms with van der Waals surface area (Å²) in [6.45, 7) is 5.96. The van der Waals surface area contributed by atoms with Crippen molar-refractivity contribution in [1.82, 2.24) is 15.6 Å². The molecule has 0 aromatic carbocycles. The van der Waals surface area contributed by atoms with E-state index in [1.807, 2.05) is 18.2 Å². The lowest BCUT2D eigenvalue weighted by atomic mass is 10.1. The molecule has 2 N–H and O–H groups in total. The molecule has 0 spiro atoms. The molecule has 0 unspecified atom stereocenters. The van der Waals surface area contributed by atoms with Crippen LogP contribution >= 0.6 is 0 Å². The van der Waals surface area contributed by atoms with Crippen molar-refractivity contribution in [3.05, 3.63) is 23.9 Å². The minimum atomic E-state index is 0.624. The van der Waals surface area contributed by atoms with E-state index in [0.717, 1.165) is 24.6 Å². The number of pyridine rings is 1. The lowest BCUT2D eigenvalue weighted by Gasteiger charge is -2.12. The zero-order valence-corrected chi connectivity index (χ0v) is 12.2. The van der Waals surface area contributed by atoms with Gasteiger partial charge in [0.2, 0.25) is 5.88 Å². The molecule has 19 heavy (non-hydrogen) atoms. The lowest BCUT2D eigenvalue weighted by molar-refractivity contribution is 0.396. The van der Waals surface area contributed by atoms with Crippen molar-refractivity contribution >= 4 is 5.96 Å². The van der Waals surface area contributed by atoms with E-state index in [1.54, 1.807) is 14.2 Å². The summed E-state index contributed by atoms with van der Waals surface area (Å²) in [5.41, 5.74) is 0.922. The third-order valence-electron chi connectivity index (χ3n) is 2.67. The van der Waals surface area contributed by atoms with Gasteiger partial charge >= 0.3 is 0 Å². The monoisotopic (exact) mass is 264 g/mol. The van der Waals surface area contributed by atoms with E-state index in [1.165, 1.54) is 0 Å². The quantitative estimate of drug-likeness (QED) is 0.607. The summed E-state index contributed by atoms with van der Waals surface area (Å²) < 4.78 is 5.09. The second kappa shape index (κ2) is 8.34. The maximum atomic E-state index is 5.09. The molecule has 0 saturated carbocycles. The fourth-order valence-electron chi connectivity index (χ4n) is 1.54. The van der Waals surface area contributed by atoms with Crippen molar-refractivity contribution in [3.63, 3.8) is 0 Å². The molecule has 0 bridgehead atoms. The average molecular weight is 264 g/mol. The highest BCUT2D eigenvalue weighted by Gasteiger charge is 2.01. The maximum absolute atomic E-state index is 5.09. The van der Waals surface area contributed by atoms with Gasteiger partial charge < -0.3 is 15.4 Å². The van der Waals surface area contributed by atoms with Crippen LogP contribution in [0.3, 0.4) is 0 Å². The van der Waals surface area contributed by atoms with E-state index < -0.39 is 0 Å². The highest BCUT2D eigenvalue weighted by Crippen LogP contribution is 2.06. The van der Waals surface area contributed by atoms with E-state index in [2.05, 4.69) is 34.5 Å². The van der Waals surface area contributed by atoms with E-state index in [0.29, 0.717) is 18.3 Å². The topological polar surface area (TPSA) is 58.5 Å². The fourth-order valence-corrected chi connectivity index (χ4v) is 1.54. The number of guanidine groups is 1. The first-order valence-corrected chi connectivity index (χ1v) is 6.60. The number of rotatable bonds is 6. The Balaban J connectivity index is 2.40. The van der Waals surface area contributed by atoms with Crippen LogP contribution in [0, 0.1) is 5.92 Å². The summed E-state index contributed by atoms with van der Waals surface area (Å²) in [6.07, 6.45) is 1.12. The zero-order chi connectivity index (χ0) is 14.1. The largest absolute Gasteiger partial charge is 0.481 e. The number of ether oxygens (including phenoxy) is 1. The van der Waals surface area contributed by atoms with Crippen LogP contribution in [0.15, 0.2) is 23.2 Å². The Bertz CT molecular complexity index is 404. The summed E-state index contributed by atoms with van der Waals surface area (Å²) in [7, 11) is 3.38. The van der Waals surface area contributed by atoms with Gasteiger partial charge in [-0.15, -0.1) is 0 Å². The number of aromatic nitrogens is 1. The number of hydrogen-bond acceptors (Lipinski definition) is 3. The Morgan fingerprint density at radius 2 is 2.16 bits per heavy atom. The Morgan fingerprint density at radius 1 is 1.37 bits per heavy atom. The van der Waals surface area contributed by atoms with Gasteiger partial charge in [-0.05, 0) is 18.4 Å².